The number of ether oxygens (including phenoxy) is 2. The Balaban J connectivity index is 1.61. The number of aliphatic hydroxyl groups is 1. The van der Waals surface area contributed by atoms with Crippen molar-refractivity contribution in [1.29, 1.82) is 0 Å². The van der Waals surface area contributed by atoms with Crippen LogP contribution in [0, 0.1) is 0 Å². The fourth-order valence-corrected chi connectivity index (χ4v) is 3.31. The number of nitrogen functional groups attached to an aromatic ring is 1. The lowest BCUT2D eigenvalue weighted by Crippen LogP contribution is -2.36. The topological polar surface area (TPSA) is 127 Å². The van der Waals surface area contributed by atoms with E-state index in [2.05, 4.69) is 25.3 Å². The van der Waals surface area contributed by atoms with Gasteiger partial charge in [0, 0.05) is 50.0 Å². The average molecular weight is 433 g/mol. The van der Waals surface area contributed by atoms with Crippen LogP contribution in [0.25, 0.3) is 10.9 Å². The van der Waals surface area contributed by atoms with Crippen LogP contribution in [0.2, 0.25) is 0 Å². The molecule has 0 amide bonds. The van der Waals surface area contributed by atoms with Gasteiger partial charge in [-0.3, -0.25) is 0 Å². The number of nitrogens with one attached hydrogen (secondary N) is 1. The third-order valence-corrected chi connectivity index (χ3v) is 5.06. The molecule has 0 saturated carbocycles. The van der Waals surface area contributed by atoms with Crippen molar-refractivity contribution in [2.24, 2.45) is 5.16 Å². The van der Waals surface area contributed by atoms with Crippen LogP contribution >= 0.6 is 0 Å². The highest BCUT2D eigenvalue weighted by molar-refractivity contribution is 5.92. The van der Waals surface area contributed by atoms with Crippen molar-refractivity contribution in [2.45, 2.75) is 38.8 Å². The standard InChI is InChI=1S/C21H32N6O4/c1-13(2)23-11-15(28)12-31-26-14-5-7-27(8-6-14)21-24-17-10-19(30-4)18(29-3)9-16(17)20(22)25-21/h9-10,13,15,23,28H,5-8,11-12H2,1-4H3,(H2,22,24,25). The van der Waals surface area contributed by atoms with Gasteiger partial charge < -0.3 is 35.4 Å². The second-order valence-electron chi connectivity index (χ2n) is 7.79. The van der Waals surface area contributed by atoms with E-state index in [1.165, 1.54) is 0 Å². The molecule has 0 aliphatic carbocycles. The molecule has 0 spiro atoms. The molecular formula is C21H32N6O4. The van der Waals surface area contributed by atoms with Gasteiger partial charge in [-0.25, -0.2) is 4.98 Å². The molecule has 31 heavy (non-hydrogen) atoms. The minimum Gasteiger partial charge on any atom is -0.493 e. The van der Waals surface area contributed by atoms with Crippen molar-refractivity contribution in [3.63, 3.8) is 0 Å². The molecule has 1 aliphatic heterocycles. The second-order valence-corrected chi connectivity index (χ2v) is 7.79. The van der Waals surface area contributed by atoms with Crippen molar-refractivity contribution in [3.05, 3.63) is 12.1 Å². The number of benzene rings is 1. The van der Waals surface area contributed by atoms with Crippen molar-refractivity contribution in [2.75, 3.05) is 51.1 Å². The van der Waals surface area contributed by atoms with Crippen molar-refractivity contribution in [1.82, 2.24) is 15.3 Å². The Bertz CT molecular complexity index is 910. The fraction of sp³-hybridized carbons (Fsp3) is 0.571. The summed E-state index contributed by atoms with van der Waals surface area (Å²) < 4.78 is 10.7. The summed E-state index contributed by atoms with van der Waals surface area (Å²) in [5, 5.41) is 18.0. The molecule has 1 aromatic heterocycles. The molecule has 1 aromatic carbocycles. The number of anilines is 2. The zero-order valence-corrected chi connectivity index (χ0v) is 18.6. The van der Waals surface area contributed by atoms with E-state index in [0.29, 0.717) is 54.5 Å². The first-order chi connectivity index (χ1) is 14.9. The number of oxime groups is 1. The molecule has 2 aromatic rings. The van der Waals surface area contributed by atoms with Crippen LogP contribution in [-0.4, -0.2) is 73.4 Å². The van der Waals surface area contributed by atoms with Crippen LogP contribution in [0.5, 0.6) is 11.5 Å². The van der Waals surface area contributed by atoms with Crippen LogP contribution in [0.1, 0.15) is 26.7 Å². The summed E-state index contributed by atoms with van der Waals surface area (Å²) in [6, 6.07) is 3.91. The third-order valence-electron chi connectivity index (χ3n) is 5.06. The normalized spacial score (nSPS) is 15.3. The highest BCUT2D eigenvalue weighted by atomic mass is 16.6. The Morgan fingerprint density at radius 1 is 1.16 bits per heavy atom. The Hall–Kier alpha value is -2.85. The Labute approximate surface area is 182 Å². The number of hydrogen-bond donors (Lipinski definition) is 3. The van der Waals surface area contributed by atoms with E-state index >= 15 is 0 Å². The minimum absolute atomic E-state index is 0.169. The number of piperidine rings is 1. The molecule has 10 heteroatoms. The summed E-state index contributed by atoms with van der Waals surface area (Å²) in [6.45, 7) is 6.12. The molecule has 3 rings (SSSR count). The van der Waals surface area contributed by atoms with Gasteiger partial charge in [0.2, 0.25) is 5.95 Å². The van der Waals surface area contributed by atoms with E-state index in [0.717, 1.165) is 23.9 Å². The summed E-state index contributed by atoms with van der Waals surface area (Å²) in [6.07, 6.45) is 0.873. The van der Waals surface area contributed by atoms with E-state index in [4.69, 9.17) is 20.0 Å². The van der Waals surface area contributed by atoms with Crippen LogP contribution in [0.4, 0.5) is 11.8 Å². The predicted molar refractivity (Wildman–Crippen MR) is 121 cm³/mol. The molecule has 1 atom stereocenters. The lowest BCUT2D eigenvalue weighted by molar-refractivity contribution is 0.0388. The van der Waals surface area contributed by atoms with Gasteiger partial charge in [0.05, 0.1) is 25.4 Å². The number of nitrogens with zero attached hydrogens (tertiary/aromatic N) is 4. The molecule has 4 N–H and O–H groups in total. The molecular weight excluding hydrogens is 400 g/mol. The second kappa shape index (κ2) is 10.5. The molecule has 1 fully saturated rings. The summed E-state index contributed by atoms with van der Waals surface area (Å²) in [5.41, 5.74) is 7.86. The lowest BCUT2D eigenvalue weighted by Gasteiger charge is -2.27. The SMILES string of the molecule is COc1cc2nc(N3CCC(=NOCC(O)CNC(C)C)CC3)nc(N)c2cc1OC. The molecule has 170 valence electrons. The summed E-state index contributed by atoms with van der Waals surface area (Å²) in [5.74, 6) is 2.15. The number of hydrogen-bond acceptors (Lipinski definition) is 10. The minimum atomic E-state index is -0.587. The number of nitrogens with two attached hydrogens (primary N) is 1. The van der Waals surface area contributed by atoms with Gasteiger partial charge in [-0.15, -0.1) is 0 Å². The first-order valence-electron chi connectivity index (χ1n) is 10.4. The monoisotopic (exact) mass is 432 g/mol. The van der Waals surface area contributed by atoms with Crippen molar-refractivity contribution < 1.29 is 19.4 Å². The van der Waals surface area contributed by atoms with Crippen molar-refractivity contribution >= 4 is 28.4 Å². The summed E-state index contributed by atoms with van der Waals surface area (Å²) in [7, 11) is 3.16. The van der Waals surface area contributed by atoms with Gasteiger partial charge in [-0.1, -0.05) is 19.0 Å². The predicted octanol–water partition coefficient (Wildman–Crippen LogP) is 1.56. The highest BCUT2D eigenvalue weighted by Crippen LogP contribution is 2.34. The number of aliphatic hydroxyl groups excluding tert-OH is 1. The molecule has 0 bridgehead atoms. The molecule has 1 saturated heterocycles. The molecule has 0 radical (unpaired) electrons. The van der Waals surface area contributed by atoms with Gasteiger partial charge in [-0.2, -0.15) is 4.98 Å². The highest BCUT2D eigenvalue weighted by Gasteiger charge is 2.20. The van der Waals surface area contributed by atoms with E-state index in [1.807, 2.05) is 13.8 Å². The fourth-order valence-electron chi connectivity index (χ4n) is 3.31. The summed E-state index contributed by atoms with van der Waals surface area (Å²) >= 11 is 0. The van der Waals surface area contributed by atoms with Gasteiger partial charge in [-0.05, 0) is 6.07 Å². The van der Waals surface area contributed by atoms with E-state index in [1.54, 1.807) is 26.4 Å². The Morgan fingerprint density at radius 3 is 2.48 bits per heavy atom. The van der Waals surface area contributed by atoms with Crippen LogP contribution in [0.3, 0.4) is 0 Å². The van der Waals surface area contributed by atoms with Crippen LogP contribution < -0.4 is 25.4 Å². The Kier molecular flexibility index (Phi) is 7.69. The number of fused-ring (bicyclic) bond motifs is 1. The molecule has 1 aliphatic rings. The van der Waals surface area contributed by atoms with E-state index in [9.17, 15) is 5.11 Å². The number of rotatable bonds is 9. The molecule has 2 heterocycles. The Morgan fingerprint density at radius 2 is 1.84 bits per heavy atom. The number of methoxy groups -OCH3 is 2. The van der Waals surface area contributed by atoms with Gasteiger partial charge in [0.25, 0.3) is 0 Å². The first kappa shape index (κ1) is 22.8. The quantitative estimate of drug-likeness (QED) is 0.506. The zero-order valence-electron chi connectivity index (χ0n) is 18.6. The lowest BCUT2D eigenvalue weighted by atomic mass is 10.1. The maximum Gasteiger partial charge on any atom is 0.227 e. The average Bonchev–Trinajstić information content (AvgIpc) is 2.77. The molecule has 10 nitrogen and oxygen atoms in total. The third kappa shape index (κ3) is 5.86. The summed E-state index contributed by atoms with van der Waals surface area (Å²) in [4.78, 5) is 16.6. The van der Waals surface area contributed by atoms with E-state index < -0.39 is 6.10 Å². The molecule has 1 unspecified atom stereocenters. The van der Waals surface area contributed by atoms with Gasteiger partial charge in [0.1, 0.15) is 18.5 Å². The van der Waals surface area contributed by atoms with E-state index in [-0.39, 0.29) is 6.61 Å². The number of aromatic nitrogens is 2. The van der Waals surface area contributed by atoms with Crippen molar-refractivity contribution in [3.8, 4) is 11.5 Å². The van der Waals surface area contributed by atoms with Crippen LogP contribution in [0.15, 0.2) is 17.3 Å². The largest absolute Gasteiger partial charge is 0.493 e. The maximum atomic E-state index is 9.89. The van der Waals surface area contributed by atoms with Crippen LogP contribution in [-0.2, 0) is 4.84 Å². The van der Waals surface area contributed by atoms with Gasteiger partial charge >= 0.3 is 0 Å². The smallest absolute Gasteiger partial charge is 0.227 e. The zero-order chi connectivity index (χ0) is 22.4. The van der Waals surface area contributed by atoms with Gasteiger partial charge in [0.15, 0.2) is 11.5 Å². The first-order valence-corrected chi connectivity index (χ1v) is 10.4. The maximum absolute atomic E-state index is 9.89.